The second kappa shape index (κ2) is 18.4. The van der Waals surface area contributed by atoms with Gasteiger partial charge in [0.05, 0.1) is 0 Å². The van der Waals surface area contributed by atoms with Crippen LogP contribution in [-0.2, 0) is 41.7 Å². The third kappa shape index (κ3) is 15.0. The maximum absolute atomic E-state index is 11.9. The average Bonchev–Trinajstić information content (AvgIpc) is 2.82. The Bertz CT molecular complexity index is 712. The zero-order valence-electron chi connectivity index (χ0n) is 20.2. The molecule has 1 rings (SSSR count). The fourth-order valence-corrected chi connectivity index (χ4v) is 2.74. The highest BCUT2D eigenvalue weighted by Gasteiger charge is 2.07. The summed E-state index contributed by atoms with van der Waals surface area (Å²) in [4.78, 5) is 46.9. The smallest absolute Gasteiger partial charge is 0.246 e. The lowest BCUT2D eigenvalue weighted by Crippen LogP contribution is -2.32. The summed E-state index contributed by atoms with van der Waals surface area (Å²) >= 11 is 0. The van der Waals surface area contributed by atoms with Crippen molar-refractivity contribution >= 4 is 23.6 Å². The van der Waals surface area contributed by atoms with Crippen LogP contribution in [0.15, 0.2) is 24.3 Å². The molecule has 0 atom stereocenters. The molecule has 0 unspecified atom stereocenters. The van der Waals surface area contributed by atoms with Crippen LogP contribution in [0.3, 0.4) is 0 Å². The minimum atomic E-state index is -0.323. The predicted octanol–water partition coefficient (Wildman–Crippen LogP) is 0.785. The van der Waals surface area contributed by atoms with Gasteiger partial charge < -0.3 is 30.7 Å². The molecule has 4 N–H and O–H groups in total. The van der Waals surface area contributed by atoms with E-state index < -0.39 is 0 Å². The molecule has 1 aromatic carbocycles. The monoisotopic (exact) mass is 478 g/mol. The van der Waals surface area contributed by atoms with Gasteiger partial charge in [-0.2, -0.15) is 0 Å². The van der Waals surface area contributed by atoms with Crippen LogP contribution in [0, 0.1) is 0 Å². The summed E-state index contributed by atoms with van der Waals surface area (Å²) in [5, 5.41) is 10.9. The molecule has 1 aromatic rings. The first-order chi connectivity index (χ1) is 16.4. The van der Waals surface area contributed by atoms with Crippen LogP contribution in [0.1, 0.15) is 50.7 Å². The average molecular weight is 479 g/mol. The fraction of sp³-hybridized carbons (Fsp3) is 0.583. The number of amides is 4. The number of hydrogen-bond donors (Lipinski definition) is 4. The second-order valence-corrected chi connectivity index (χ2v) is 7.77. The van der Waals surface area contributed by atoms with Crippen molar-refractivity contribution in [1.82, 2.24) is 21.3 Å². The van der Waals surface area contributed by atoms with Gasteiger partial charge in [0, 0.05) is 26.2 Å². The summed E-state index contributed by atoms with van der Waals surface area (Å²) in [6, 6.07) is 7.41. The van der Waals surface area contributed by atoms with E-state index in [0.717, 1.165) is 36.8 Å². The van der Waals surface area contributed by atoms with Gasteiger partial charge in [-0.05, 0) is 24.0 Å². The quantitative estimate of drug-likeness (QED) is 0.230. The van der Waals surface area contributed by atoms with Crippen molar-refractivity contribution < 1.29 is 28.7 Å². The highest BCUT2D eigenvalue weighted by Crippen LogP contribution is 2.05. The van der Waals surface area contributed by atoms with Crippen LogP contribution in [0.4, 0.5) is 0 Å². The molecule has 4 amide bonds. The molecule has 10 nitrogen and oxygen atoms in total. The Morgan fingerprint density at radius 1 is 0.647 bits per heavy atom. The lowest BCUT2D eigenvalue weighted by molar-refractivity contribution is -0.132. The van der Waals surface area contributed by atoms with Crippen LogP contribution < -0.4 is 21.3 Å². The molecule has 0 saturated heterocycles. The Morgan fingerprint density at radius 2 is 1.03 bits per heavy atom. The molecule has 0 bridgehead atoms. The first-order valence-corrected chi connectivity index (χ1v) is 11.7. The SMILES string of the molecule is CCCCNC(=O)COCC(=O)NCc1cccc(CNC(=O)COCC(=O)NCCCC)c1. The van der Waals surface area contributed by atoms with Crippen molar-refractivity contribution in [3.63, 3.8) is 0 Å². The van der Waals surface area contributed by atoms with E-state index in [0.29, 0.717) is 26.2 Å². The molecule has 0 saturated carbocycles. The van der Waals surface area contributed by atoms with Crippen molar-refractivity contribution in [3.05, 3.63) is 35.4 Å². The Balaban J connectivity index is 2.23. The highest BCUT2D eigenvalue weighted by atomic mass is 16.5. The number of hydrogen-bond acceptors (Lipinski definition) is 6. The zero-order chi connectivity index (χ0) is 25.0. The van der Waals surface area contributed by atoms with Crippen LogP contribution in [0.5, 0.6) is 0 Å². The Kier molecular flexibility index (Phi) is 15.8. The molecule has 0 radical (unpaired) electrons. The third-order valence-electron chi connectivity index (χ3n) is 4.61. The van der Waals surface area contributed by atoms with Crippen molar-refractivity contribution in [2.75, 3.05) is 39.5 Å². The second-order valence-electron chi connectivity index (χ2n) is 7.77. The maximum Gasteiger partial charge on any atom is 0.246 e. The summed E-state index contributed by atoms with van der Waals surface area (Å²) in [6.45, 7) is 5.16. The Labute approximate surface area is 201 Å². The fourth-order valence-electron chi connectivity index (χ4n) is 2.74. The van der Waals surface area contributed by atoms with Crippen LogP contribution in [0.2, 0.25) is 0 Å². The Morgan fingerprint density at radius 3 is 1.41 bits per heavy atom. The van der Waals surface area contributed by atoms with E-state index in [-0.39, 0.29) is 50.1 Å². The maximum atomic E-state index is 11.9. The predicted molar refractivity (Wildman–Crippen MR) is 128 cm³/mol. The summed E-state index contributed by atoms with van der Waals surface area (Å²) in [5.41, 5.74) is 1.72. The Hall–Kier alpha value is -2.98. The zero-order valence-corrected chi connectivity index (χ0v) is 20.2. The van der Waals surface area contributed by atoms with E-state index in [9.17, 15) is 19.2 Å². The van der Waals surface area contributed by atoms with Gasteiger partial charge in [0.2, 0.25) is 23.6 Å². The van der Waals surface area contributed by atoms with Crippen molar-refractivity contribution in [2.24, 2.45) is 0 Å². The molecule has 0 spiro atoms. The number of carbonyl (C=O) groups excluding carboxylic acids is 4. The van der Waals surface area contributed by atoms with Crippen LogP contribution in [-0.4, -0.2) is 63.1 Å². The number of rotatable bonds is 18. The highest BCUT2D eigenvalue weighted by molar-refractivity contribution is 5.80. The van der Waals surface area contributed by atoms with E-state index in [2.05, 4.69) is 21.3 Å². The van der Waals surface area contributed by atoms with Crippen molar-refractivity contribution in [2.45, 2.75) is 52.6 Å². The van der Waals surface area contributed by atoms with Crippen LogP contribution in [0.25, 0.3) is 0 Å². The molecule has 0 aromatic heterocycles. The number of benzene rings is 1. The largest absolute Gasteiger partial charge is 0.362 e. The molecule has 0 fully saturated rings. The van der Waals surface area contributed by atoms with Gasteiger partial charge in [-0.15, -0.1) is 0 Å². The summed E-state index contributed by atoms with van der Waals surface area (Å²) < 4.78 is 10.3. The minimum absolute atomic E-state index is 0.153. The van der Waals surface area contributed by atoms with E-state index in [1.54, 1.807) is 0 Å². The van der Waals surface area contributed by atoms with E-state index in [1.165, 1.54) is 0 Å². The molecule has 34 heavy (non-hydrogen) atoms. The summed E-state index contributed by atoms with van der Waals surface area (Å²) in [7, 11) is 0. The van der Waals surface area contributed by atoms with E-state index in [4.69, 9.17) is 9.47 Å². The number of unbranched alkanes of at least 4 members (excludes halogenated alkanes) is 2. The molecular formula is C24H38N4O6. The normalized spacial score (nSPS) is 10.4. The third-order valence-corrected chi connectivity index (χ3v) is 4.61. The van der Waals surface area contributed by atoms with E-state index in [1.807, 2.05) is 38.1 Å². The lowest BCUT2D eigenvalue weighted by Gasteiger charge is -2.10. The van der Waals surface area contributed by atoms with Gasteiger partial charge in [-0.25, -0.2) is 0 Å². The van der Waals surface area contributed by atoms with E-state index >= 15 is 0 Å². The van der Waals surface area contributed by atoms with Crippen molar-refractivity contribution in [1.29, 1.82) is 0 Å². The van der Waals surface area contributed by atoms with Crippen LogP contribution >= 0.6 is 0 Å². The molecule has 0 aliphatic heterocycles. The van der Waals surface area contributed by atoms with Gasteiger partial charge in [-0.3, -0.25) is 19.2 Å². The molecule has 190 valence electrons. The van der Waals surface area contributed by atoms with Gasteiger partial charge in [0.15, 0.2) is 0 Å². The summed E-state index contributed by atoms with van der Waals surface area (Å²) in [6.07, 6.45) is 3.79. The molecule has 10 heteroatoms. The molecular weight excluding hydrogens is 440 g/mol. The number of carbonyl (C=O) groups is 4. The van der Waals surface area contributed by atoms with Gasteiger partial charge in [-0.1, -0.05) is 51.0 Å². The standard InChI is InChI=1S/C24H38N4O6/c1-3-5-10-25-21(29)15-33-17-23(31)27-13-19-8-7-9-20(12-19)14-28-24(32)18-34-16-22(30)26-11-6-4-2/h7-9,12H,3-6,10-11,13-18H2,1-2H3,(H,25,29)(H,26,30)(H,27,31)(H,28,32). The van der Waals surface area contributed by atoms with Crippen molar-refractivity contribution in [3.8, 4) is 0 Å². The van der Waals surface area contributed by atoms with Gasteiger partial charge in [0.25, 0.3) is 0 Å². The first-order valence-electron chi connectivity index (χ1n) is 11.7. The minimum Gasteiger partial charge on any atom is -0.362 e. The topological polar surface area (TPSA) is 135 Å². The number of ether oxygens (including phenoxy) is 2. The molecule has 0 aliphatic rings. The molecule has 0 heterocycles. The first kappa shape index (κ1) is 29.1. The summed E-state index contributed by atoms with van der Waals surface area (Å²) in [5.74, 6) is -1.12. The number of nitrogens with one attached hydrogen (secondary N) is 4. The lowest BCUT2D eigenvalue weighted by atomic mass is 10.1. The molecule has 0 aliphatic carbocycles. The van der Waals surface area contributed by atoms with Gasteiger partial charge in [0.1, 0.15) is 26.4 Å². The van der Waals surface area contributed by atoms with Gasteiger partial charge >= 0.3 is 0 Å².